The van der Waals surface area contributed by atoms with Crippen LogP contribution in [-0.2, 0) is 11.2 Å². The number of nitrogens with zero attached hydrogens (tertiary/aromatic N) is 1. The normalized spacial score (nSPS) is 30.9. The lowest BCUT2D eigenvalue weighted by Crippen LogP contribution is -2.42. The zero-order valence-electron chi connectivity index (χ0n) is 19.4. The molecule has 3 aliphatic rings. The molecule has 0 spiro atoms. The average Bonchev–Trinajstić information content (AvgIpc) is 3.31. The lowest BCUT2D eigenvalue weighted by Gasteiger charge is -2.51. The number of aromatic nitrogens is 1. The van der Waals surface area contributed by atoms with E-state index in [0.717, 1.165) is 29.9 Å². The van der Waals surface area contributed by atoms with Crippen LogP contribution in [0.5, 0.6) is 5.75 Å². The smallest absolute Gasteiger partial charge is 0.226 e. The number of amides is 1. The lowest BCUT2D eigenvalue weighted by molar-refractivity contribution is -0.116. The van der Waals surface area contributed by atoms with Gasteiger partial charge in [0.25, 0.3) is 0 Å². The molecule has 2 saturated carbocycles. The number of methoxy groups -OCH3 is 1. The van der Waals surface area contributed by atoms with Gasteiger partial charge in [-0.05, 0) is 97.8 Å². The minimum Gasteiger partial charge on any atom is -0.497 e. The average molecular weight is 451 g/mol. The molecule has 4 nitrogen and oxygen atoms in total. The lowest BCUT2D eigenvalue weighted by atomic mass is 9.53. The maximum absolute atomic E-state index is 12.6. The Morgan fingerprint density at radius 3 is 2.97 bits per heavy atom. The Hall–Kier alpha value is -2.14. The summed E-state index contributed by atoms with van der Waals surface area (Å²) in [6, 6.07) is 6.69. The van der Waals surface area contributed by atoms with E-state index in [2.05, 4.69) is 42.0 Å². The molecule has 2 aromatic rings. The number of ether oxygens (including phenoxy) is 1. The number of allylic oxidation sites excluding steroid dienone is 1. The molecule has 1 heterocycles. The standard InChI is InChI=1S/C27H34N2O2S/c1-16-13-19(6-10-24(30)29-26-28-15-17(2)32-26)25-23-8-5-18-14-20(31-4)7-9-21(18)22(23)11-12-27(16,25)3/h7,9,14-15,19,22-23,25H,1,5-6,8,10-13H2,2-4H3,(H,28,29,30)/t19-,22?,23?,25?,27-/m1/s1. The molecule has 2 fully saturated rings. The van der Waals surface area contributed by atoms with E-state index in [0.29, 0.717) is 35.2 Å². The first kappa shape index (κ1) is 21.7. The van der Waals surface area contributed by atoms with Crippen molar-refractivity contribution < 1.29 is 9.53 Å². The van der Waals surface area contributed by atoms with Crippen LogP contribution in [-0.4, -0.2) is 18.0 Å². The highest BCUT2D eigenvalue weighted by molar-refractivity contribution is 7.15. The molecule has 32 heavy (non-hydrogen) atoms. The van der Waals surface area contributed by atoms with Gasteiger partial charge < -0.3 is 10.1 Å². The molecule has 170 valence electrons. The van der Waals surface area contributed by atoms with Gasteiger partial charge in [-0.2, -0.15) is 0 Å². The predicted octanol–water partition coefficient (Wildman–Crippen LogP) is 6.52. The van der Waals surface area contributed by atoms with Crippen molar-refractivity contribution in [2.75, 3.05) is 12.4 Å². The summed E-state index contributed by atoms with van der Waals surface area (Å²) in [6.07, 6.45) is 9.21. The van der Waals surface area contributed by atoms with Crippen LogP contribution in [0.4, 0.5) is 5.13 Å². The number of carbonyl (C=O) groups is 1. The number of fused-ring (bicyclic) bond motifs is 5. The van der Waals surface area contributed by atoms with E-state index in [9.17, 15) is 4.79 Å². The Morgan fingerprint density at radius 2 is 2.22 bits per heavy atom. The van der Waals surface area contributed by atoms with Crippen LogP contribution in [0.2, 0.25) is 0 Å². The van der Waals surface area contributed by atoms with Gasteiger partial charge in [0.1, 0.15) is 5.75 Å². The van der Waals surface area contributed by atoms with Gasteiger partial charge in [0.05, 0.1) is 7.11 Å². The third-order valence-corrected chi connectivity index (χ3v) is 9.45. The summed E-state index contributed by atoms with van der Waals surface area (Å²) >= 11 is 1.54. The van der Waals surface area contributed by atoms with Crippen LogP contribution in [0.3, 0.4) is 0 Å². The van der Waals surface area contributed by atoms with Crippen molar-refractivity contribution in [1.29, 1.82) is 0 Å². The van der Waals surface area contributed by atoms with Crippen LogP contribution < -0.4 is 10.1 Å². The van der Waals surface area contributed by atoms with Crippen molar-refractivity contribution in [3.63, 3.8) is 0 Å². The van der Waals surface area contributed by atoms with Crippen LogP contribution in [0.15, 0.2) is 36.5 Å². The first-order valence-corrected chi connectivity index (χ1v) is 12.8. The van der Waals surface area contributed by atoms with Crippen LogP contribution >= 0.6 is 11.3 Å². The summed E-state index contributed by atoms with van der Waals surface area (Å²) in [4.78, 5) is 18.0. The van der Waals surface area contributed by atoms with Crippen molar-refractivity contribution in [2.45, 2.75) is 64.7 Å². The van der Waals surface area contributed by atoms with Gasteiger partial charge >= 0.3 is 0 Å². The monoisotopic (exact) mass is 450 g/mol. The fraction of sp³-hybridized carbons (Fsp3) is 0.556. The second kappa shape index (κ2) is 8.33. The van der Waals surface area contributed by atoms with Crippen LogP contribution in [0.1, 0.15) is 67.4 Å². The zero-order valence-corrected chi connectivity index (χ0v) is 20.3. The van der Waals surface area contributed by atoms with E-state index >= 15 is 0 Å². The molecule has 5 heteroatoms. The number of benzene rings is 1. The molecule has 1 amide bonds. The number of carbonyl (C=O) groups excluding carboxylic acids is 1. The Morgan fingerprint density at radius 1 is 1.38 bits per heavy atom. The molecule has 0 saturated heterocycles. The Labute approximate surface area is 195 Å². The van der Waals surface area contributed by atoms with Gasteiger partial charge in [0.15, 0.2) is 5.13 Å². The molecular formula is C27H34N2O2S. The van der Waals surface area contributed by atoms with Crippen molar-refractivity contribution >= 4 is 22.4 Å². The van der Waals surface area contributed by atoms with Gasteiger partial charge in [-0.1, -0.05) is 25.1 Å². The SMILES string of the molecule is C=C1C[C@@H](CCC(=O)Nc2ncc(C)s2)C2C3CCc4cc(OC)ccc4C3CC[C@]12C. The molecule has 5 atom stereocenters. The first-order valence-electron chi connectivity index (χ1n) is 12.0. The second-order valence-corrected chi connectivity index (χ2v) is 11.5. The molecular weight excluding hydrogens is 416 g/mol. The quantitative estimate of drug-likeness (QED) is 0.528. The van der Waals surface area contributed by atoms with E-state index in [1.165, 1.54) is 47.3 Å². The van der Waals surface area contributed by atoms with Gasteiger partial charge in [-0.3, -0.25) is 4.79 Å². The molecule has 1 aromatic carbocycles. The number of nitrogens with one attached hydrogen (secondary N) is 1. The molecule has 0 bridgehead atoms. The number of rotatable bonds is 5. The molecule has 3 aliphatic carbocycles. The van der Waals surface area contributed by atoms with Crippen molar-refractivity contribution in [1.82, 2.24) is 4.98 Å². The highest BCUT2D eigenvalue weighted by Gasteiger charge is 2.55. The zero-order chi connectivity index (χ0) is 22.5. The van der Waals surface area contributed by atoms with E-state index in [1.54, 1.807) is 7.11 Å². The summed E-state index contributed by atoms with van der Waals surface area (Å²) in [6.45, 7) is 9.00. The number of aryl methyl sites for hydroxylation is 2. The van der Waals surface area contributed by atoms with Gasteiger partial charge in [0.2, 0.25) is 5.91 Å². The topological polar surface area (TPSA) is 51.2 Å². The number of hydrogen-bond donors (Lipinski definition) is 1. The minimum atomic E-state index is 0.0898. The van der Waals surface area contributed by atoms with Gasteiger partial charge in [-0.15, -0.1) is 11.3 Å². The predicted molar refractivity (Wildman–Crippen MR) is 130 cm³/mol. The largest absolute Gasteiger partial charge is 0.497 e. The van der Waals surface area contributed by atoms with E-state index < -0.39 is 0 Å². The molecule has 1 aromatic heterocycles. The van der Waals surface area contributed by atoms with E-state index in [-0.39, 0.29) is 11.3 Å². The molecule has 0 aliphatic heterocycles. The Bertz CT molecular complexity index is 1040. The maximum atomic E-state index is 12.6. The summed E-state index contributed by atoms with van der Waals surface area (Å²) in [5.74, 6) is 3.54. The van der Waals surface area contributed by atoms with Crippen molar-refractivity contribution in [2.24, 2.45) is 23.2 Å². The fourth-order valence-electron chi connectivity index (χ4n) is 7.09. The first-order chi connectivity index (χ1) is 15.4. The highest BCUT2D eigenvalue weighted by Crippen LogP contribution is 2.65. The van der Waals surface area contributed by atoms with E-state index in [4.69, 9.17) is 4.74 Å². The van der Waals surface area contributed by atoms with E-state index in [1.807, 2.05) is 13.1 Å². The molecule has 1 N–H and O–H groups in total. The minimum absolute atomic E-state index is 0.0898. The third-order valence-electron chi connectivity index (χ3n) is 8.62. The van der Waals surface area contributed by atoms with Gasteiger partial charge in [0, 0.05) is 17.5 Å². The third kappa shape index (κ3) is 3.68. The number of thiazole rings is 1. The van der Waals surface area contributed by atoms with Gasteiger partial charge in [-0.25, -0.2) is 4.98 Å². The Balaban J connectivity index is 1.33. The van der Waals surface area contributed by atoms with Crippen molar-refractivity contribution in [3.8, 4) is 5.75 Å². The fourth-order valence-corrected chi connectivity index (χ4v) is 7.77. The second-order valence-electron chi connectivity index (χ2n) is 10.3. The van der Waals surface area contributed by atoms with Crippen molar-refractivity contribution in [3.05, 3.63) is 52.6 Å². The summed E-state index contributed by atoms with van der Waals surface area (Å²) in [5, 5.41) is 3.71. The molecule has 5 rings (SSSR count). The molecule has 3 unspecified atom stereocenters. The molecule has 0 radical (unpaired) electrons. The summed E-state index contributed by atoms with van der Waals surface area (Å²) in [5.41, 5.74) is 4.65. The summed E-state index contributed by atoms with van der Waals surface area (Å²) < 4.78 is 5.48. The maximum Gasteiger partial charge on any atom is 0.226 e. The van der Waals surface area contributed by atoms with Crippen LogP contribution in [0.25, 0.3) is 0 Å². The Kier molecular flexibility index (Phi) is 5.65. The number of anilines is 1. The number of hydrogen-bond acceptors (Lipinski definition) is 4. The van der Waals surface area contributed by atoms with Crippen LogP contribution in [0, 0.1) is 30.1 Å². The highest BCUT2D eigenvalue weighted by atomic mass is 32.1. The summed E-state index contributed by atoms with van der Waals surface area (Å²) in [7, 11) is 1.75.